The lowest BCUT2D eigenvalue weighted by molar-refractivity contribution is -0.177. The van der Waals surface area contributed by atoms with Crippen molar-refractivity contribution in [2.24, 2.45) is 33.5 Å². The molecule has 6 nitrogen and oxygen atoms in total. The maximum absolute atomic E-state index is 15.1. The van der Waals surface area contributed by atoms with Crippen LogP contribution in [0, 0.1) is 39.3 Å². The van der Waals surface area contributed by atoms with Crippen LogP contribution in [0.15, 0.2) is 72.3 Å². The lowest BCUT2D eigenvalue weighted by Gasteiger charge is -2.71. The van der Waals surface area contributed by atoms with E-state index in [9.17, 15) is 19.8 Å². The number of rotatable bonds is 8. The van der Waals surface area contributed by atoms with Crippen LogP contribution >= 0.6 is 11.6 Å². The first kappa shape index (κ1) is 34.4. The number of fused-ring (bicyclic) bond motifs is 1. The smallest absolute Gasteiger partial charge is 0.317 e. The quantitative estimate of drug-likeness (QED) is 0.247. The highest BCUT2D eigenvalue weighted by Crippen LogP contribution is 2.78. The predicted octanol–water partition coefficient (Wildman–Crippen LogP) is 7.80. The summed E-state index contributed by atoms with van der Waals surface area (Å²) >= 11 is 6.46. The van der Waals surface area contributed by atoms with Crippen molar-refractivity contribution < 1.29 is 24.2 Å². The Labute approximate surface area is 294 Å². The normalized spacial score (nSPS) is 37.2. The van der Waals surface area contributed by atoms with Crippen molar-refractivity contribution in [3.8, 4) is 0 Å². The average molecular weight is 689 g/mol. The molecule has 2 spiro atoms. The van der Waals surface area contributed by atoms with Gasteiger partial charge in [-0.2, -0.15) is 0 Å². The van der Waals surface area contributed by atoms with E-state index in [0.717, 1.165) is 24.8 Å². The molecule has 0 heterocycles. The average Bonchev–Trinajstić information content (AvgIpc) is 3.32. The van der Waals surface area contributed by atoms with Gasteiger partial charge in [0.15, 0.2) is 5.78 Å². The fraction of sp³-hybridized carbons (Fsp3) is 0.561. The highest BCUT2D eigenvalue weighted by molar-refractivity contribution is 6.31. The molecule has 6 aliphatic rings. The van der Waals surface area contributed by atoms with Gasteiger partial charge in [0.2, 0.25) is 0 Å². The second kappa shape index (κ2) is 12.1. The van der Waals surface area contributed by atoms with E-state index in [1.807, 2.05) is 44.2 Å². The second-order valence-corrected chi connectivity index (χ2v) is 17.0. The summed E-state index contributed by atoms with van der Waals surface area (Å²) in [5.74, 6) is -0.614. The SMILES string of the molecule is CC(C)NC(=O)N(Cc1ccccc1)CC1(O)CCC2C34C=CC5(C=C3C(=O)Cc3c(F)cccc3Cl)CC(O)CCC5(C)C4CCC21C. The van der Waals surface area contributed by atoms with E-state index in [1.165, 1.54) is 6.07 Å². The maximum atomic E-state index is 15.1. The fourth-order valence-electron chi connectivity index (χ4n) is 11.3. The standard InChI is InChI=1S/C41H50ClFN2O4/c1-26(2)44-36(48)45(24-27-9-6-5-7-10-27)25-40(49)18-15-35-38(40,4)17-14-34-37(3)16-13-28(46)22-39(37)19-20-41(34,35)30(23-39)33(47)21-29-31(42)11-8-12-32(29)43/h5-12,19-20,23,26,28,34-35,46,49H,13-18,21-22,24-25H2,1-4H3,(H,44,48). The lowest BCUT2D eigenvalue weighted by atomic mass is 9.32. The number of urea groups is 1. The van der Waals surface area contributed by atoms with E-state index in [0.29, 0.717) is 37.8 Å². The van der Waals surface area contributed by atoms with Crippen LogP contribution < -0.4 is 5.32 Å². The van der Waals surface area contributed by atoms with E-state index >= 15 is 4.39 Å². The fourth-order valence-corrected chi connectivity index (χ4v) is 11.5. The lowest BCUT2D eigenvalue weighted by Crippen LogP contribution is -2.67. The van der Waals surface area contributed by atoms with Gasteiger partial charge in [-0.15, -0.1) is 0 Å². The van der Waals surface area contributed by atoms with Crippen molar-refractivity contribution in [3.63, 3.8) is 0 Å². The molecule has 49 heavy (non-hydrogen) atoms. The number of benzene rings is 2. The number of nitrogens with one attached hydrogen (secondary N) is 1. The highest BCUT2D eigenvalue weighted by atomic mass is 35.5. The Hall–Kier alpha value is -3.00. The summed E-state index contributed by atoms with van der Waals surface area (Å²) in [6.45, 7) is 8.92. The van der Waals surface area contributed by atoms with Crippen molar-refractivity contribution in [1.29, 1.82) is 0 Å². The number of amides is 2. The third-order valence-electron chi connectivity index (χ3n) is 13.8. The number of halogens is 2. The Kier molecular flexibility index (Phi) is 8.48. The van der Waals surface area contributed by atoms with E-state index in [1.54, 1.807) is 17.0 Å². The Morgan fingerprint density at radius 1 is 0.980 bits per heavy atom. The number of hydrogen-bond donors (Lipinski definition) is 3. The summed E-state index contributed by atoms with van der Waals surface area (Å²) in [7, 11) is 0. The number of aliphatic hydroxyl groups is 2. The summed E-state index contributed by atoms with van der Waals surface area (Å²) in [6, 6.07) is 14.1. The number of carbonyl (C=O) groups is 2. The molecular formula is C41H50ClFN2O4. The number of Topliss-reactive ketones (excluding diaryl/α,β-unsaturated/α-hetero) is 1. The minimum atomic E-state index is -1.20. The largest absolute Gasteiger partial charge is 0.393 e. The van der Waals surface area contributed by atoms with Crippen molar-refractivity contribution >= 4 is 23.4 Å². The van der Waals surface area contributed by atoms with Gasteiger partial charge in [0, 0.05) is 51.4 Å². The van der Waals surface area contributed by atoms with Crippen molar-refractivity contribution in [3.05, 3.63) is 94.3 Å². The maximum Gasteiger partial charge on any atom is 0.317 e. The van der Waals surface area contributed by atoms with Gasteiger partial charge in [0.05, 0.1) is 18.2 Å². The van der Waals surface area contributed by atoms with Gasteiger partial charge in [-0.25, -0.2) is 9.18 Å². The number of carbonyl (C=O) groups excluding carboxylic acids is 2. The van der Waals surface area contributed by atoms with Gasteiger partial charge in [0.1, 0.15) is 5.82 Å². The molecule has 2 bridgehead atoms. The monoisotopic (exact) mass is 688 g/mol. The van der Waals surface area contributed by atoms with Gasteiger partial charge in [-0.05, 0) is 93.7 Å². The van der Waals surface area contributed by atoms with E-state index in [2.05, 4.69) is 37.4 Å². The number of hydrogen-bond acceptors (Lipinski definition) is 4. The molecule has 2 aromatic rings. The topological polar surface area (TPSA) is 89.9 Å². The second-order valence-electron chi connectivity index (χ2n) is 16.6. The molecule has 8 unspecified atom stereocenters. The van der Waals surface area contributed by atoms with Gasteiger partial charge >= 0.3 is 6.03 Å². The molecule has 8 heteroatoms. The molecule has 0 saturated heterocycles. The summed E-state index contributed by atoms with van der Waals surface area (Å²) in [4.78, 5) is 30.1. The van der Waals surface area contributed by atoms with Gasteiger partial charge < -0.3 is 20.4 Å². The third kappa shape index (κ3) is 5.16. The number of nitrogens with zero attached hydrogens (tertiary/aromatic N) is 1. The molecule has 3 saturated carbocycles. The van der Waals surface area contributed by atoms with Crippen LogP contribution in [0.5, 0.6) is 0 Å². The molecule has 0 aliphatic heterocycles. The molecule has 6 aliphatic carbocycles. The molecule has 0 radical (unpaired) electrons. The number of allylic oxidation sites excluding steroid dienone is 4. The predicted molar refractivity (Wildman–Crippen MR) is 189 cm³/mol. The van der Waals surface area contributed by atoms with Crippen molar-refractivity contribution in [1.82, 2.24) is 10.2 Å². The minimum absolute atomic E-state index is 0.0621. The third-order valence-corrected chi connectivity index (χ3v) is 14.1. The van der Waals surface area contributed by atoms with Gasteiger partial charge in [0.25, 0.3) is 0 Å². The highest BCUT2D eigenvalue weighted by Gasteiger charge is 2.74. The summed E-state index contributed by atoms with van der Waals surface area (Å²) in [5, 5.41) is 27.2. The first-order valence-electron chi connectivity index (χ1n) is 18.1. The Bertz CT molecular complexity index is 1690. The molecule has 3 fully saturated rings. The van der Waals surface area contributed by atoms with Crippen LogP contribution in [0.3, 0.4) is 0 Å². The molecular weight excluding hydrogens is 639 g/mol. The number of aliphatic hydroxyl groups excluding tert-OH is 1. The summed E-state index contributed by atoms with van der Waals surface area (Å²) in [5.41, 5.74) is -1.28. The molecule has 2 amide bonds. The van der Waals surface area contributed by atoms with Gasteiger partial charge in [-0.1, -0.05) is 80.1 Å². The minimum Gasteiger partial charge on any atom is -0.393 e. The van der Waals surface area contributed by atoms with E-state index in [-0.39, 0.29) is 58.7 Å². The zero-order valence-corrected chi connectivity index (χ0v) is 29.9. The Morgan fingerprint density at radius 2 is 1.67 bits per heavy atom. The van der Waals surface area contributed by atoms with Gasteiger partial charge in [-0.3, -0.25) is 4.79 Å². The van der Waals surface area contributed by atoms with Crippen LogP contribution in [0.1, 0.15) is 83.8 Å². The van der Waals surface area contributed by atoms with Crippen molar-refractivity contribution in [2.75, 3.05) is 6.54 Å². The first-order valence-corrected chi connectivity index (χ1v) is 18.5. The summed E-state index contributed by atoms with van der Waals surface area (Å²) in [6.07, 6.45) is 10.9. The van der Waals surface area contributed by atoms with E-state index < -0.39 is 33.8 Å². The molecule has 0 aromatic heterocycles. The molecule has 262 valence electrons. The van der Waals surface area contributed by atoms with Crippen LogP contribution in [0.25, 0.3) is 0 Å². The number of ketones is 1. The van der Waals surface area contributed by atoms with Crippen LogP contribution in [-0.4, -0.2) is 51.2 Å². The molecule has 2 aromatic carbocycles. The Morgan fingerprint density at radius 3 is 2.39 bits per heavy atom. The first-order chi connectivity index (χ1) is 23.2. The zero-order chi connectivity index (χ0) is 35.0. The molecule has 8 atom stereocenters. The van der Waals surface area contributed by atoms with Crippen molar-refractivity contribution in [2.45, 2.75) is 103 Å². The van der Waals surface area contributed by atoms with Crippen LogP contribution in [-0.2, 0) is 17.8 Å². The van der Waals surface area contributed by atoms with Crippen LogP contribution in [0.2, 0.25) is 5.02 Å². The zero-order valence-electron chi connectivity index (χ0n) is 29.1. The Balaban J connectivity index is 1.30. The summed E-state index contributed by atoms with van der Waals surface area (Å²) < 4.78 is 15.1. The molecule has 8 rings (SSSR count). The van der Waals surface area contributed by atoms with E-state index in [4.69, 9.17) is 11.6 Å². The van der Waals surface area contributed by atoms with Crippen LogP contribution in [0.4, 0.5) is 9.18 Å². The molecule has 3 N–H and O–H groups in total.